The molecule has 0 spiro atoms. The molecule has 0 fully saturated rings. The molecule has 0 aliphatic heterocycles. The minimum Gasteiger partial charge on any atom is -0.355 e. The SMILES string of the molecule is CCn1cc(-c2cc(C(=O)Nc3ccc4c(c3)nc(C(F)(F)F)n4C)no2)cn1. The van der Waals surface area contributed by atoms with Crippen LogP contribution in [-0.2, 0) is 19.8 Å². The molecule has 8 nitrogen and oxygen atoms in total. The molecule has 0 radical (unpaired) electrons. The number of imidazole rings is 1. The van der Waals surface area contributed by atoms with E-state index in [1.807, 2.05) is 6.92 Å². The van der Waals surface area contributed by atoms with Gasteiger partial charge in [0.15, 0.2) is 11.5 Å². The molecule has 1 amide bonds. The van der Waals surface area contributed by atoms with Gasteiger partial charge in [0.2, 0.25) is 5.82 Å². The number of anilines is 1. The maximum atomic E-state index is 13.0. The number of aryl methyl sites for hydroxylation is 2. The largest absolute Gasteiger partial charge is 0.449 e. The number of hydrogen-bond acceptors (Lipinski definition) is 5. The summed E-state index contributed by atoms with van der Waals surface area (Å²) in [4.78, 5) is 16.0. The van der Waals surface area contributed by atoms with Gasteiger partial charge in [-0.2, -0.15) is 18.3 Å². The Morgan fingerprint density at radius 3 is 2.76 bits per heavy atom. The molecule has 0 unspecified atom stereocenters. The molecule has 0 aliphatic rings. The van der Waals surface area contributed by atoms with Gasteiger partial charge >= 0.3 is 6.18 Å². The van der Waals surface area contributed by atoms with Crippen molar-refractivity contribution in [2.75, 3.05) is 5.32 Å². The van der Waals surface area contributed by atoms with E-state index in [-0.39, 0.29) is 16.9 Å². The number of nitrogens with one attached hydrogen (secondary N) is 1. The molecular formula is C18H15F3N6O2. The zero-order valence-electron chi connectivity index (χ0n) is 15.4. The third kappa shape index (κ3) is 3.46. The van der Waals surface area contributed by atoms with Crippen LogP contribution in [0, 0.1) is 0 Å². The number of hydrogen-bond donors (Lipinski definition) is 1. The highest BCUT2D eigenvalue weighted by atomic mass is 19.4. The molecule has 0 saturated heterocycles. The first-order valence-electron chi connectivity index (χ1n) is 8.61. The van der Waals surface area contributed by atoms with E-state index in [2.05, 4.69) is 20.6 Å². The summed E-state index contributed by atoms with van der Waals surface area (Å²) in [5, 5.41) is 10.5. The molecule has 11 heteroatoms. The lowest BCUT2D eigenvalue weighted by molar-refractivity contribution is -0.146. The normalized spacial score (nSPS) is 11.9. The van der Waals surface area contributed by atoms with Crippen LogP contribution >= 0.6 is 0 Å². The number of alkyl halides is 3. The van der Waals surface area contributed by atoms with E-state index in [1.54, 1.807) is 17.1 Å². The van der Waals surface area contributed by atoms with Crippen LogP contribution in [0.1, 0.15) is 23.2 Å². The van der Waals surface area contributed by atoms with Crippen LogP contribution in [0.2, 0.25) is 0 Å². The number of amides is 1. The molecule has 3 heterocycles. The number of carbonyl (C=O) groups is 1. The van der Waals surface area contributed by atoms with Crippen molar-refractivity contribution in [3.05, 3.63) is 48.2 Å². The Morgan fingerprint density at radius 1 is 1.28 bits per heavy atom. The summed E-state index contributed by atoms with van der Waals surface area (Å²) in [7, 11) is 1.29. The minimum absolute atomic E-state index is 0.0290. The molecule has 150 valence electrons. The summed E-state index contributed by atoms with van der Waals surface area (Å²) in [6, 6.07) is 5.79. The van der Waals surface area contributed by atoms with Crippen LogP contribution in [0.15, 0.2) is 41.2 Å². The standard InChI is InChI=1S/C18H15F3N6O2/c1-3-27-9-10(8-22-27)15-7-13(25-29-15)16(28)23-11-4-5-14-12(6-11)24-17(26(14)2)18(19,20)21/h4-9H,3H2,1-2H3,(H,23,28). The lowest BCUT2D eigenvalue weighted by Crippen LogP contribution is -2.12. The van der Waals surface area contributed by atoms with Crippen molar-refractivity contribution in [2.45, 2.75) is 19.6 Å². The number of nitrogens with zero attached hydrogens (tertiary/aromatic N) is 5. The van der Waals surface area contributed by atoms with E-state index in [0.717, 1.165) is 4.57 Å². The van der Waals surface area contributed by atoms with Gasteiger partial charge in [0.1, 0.15) is 0 Å². The molecule has 1 N–H and O–H groups in total. The Kier molecular flexibility index (Phi) is 4.36. The van der Waals surface area contributed by atoms with Crippen LogP contribution in [0.5, 0.6) is 0 Å². The number of aromatic nitrogens is 5. The smallest absolute Gasteiger partial charge is 0.355 e. The molecule has 0 aliphatic carbocycles. The molecular weight excluding hydrogens is 389 g/mol. The Balaban J connectivity index is 1.56. The van der Waals surface area contributed by atoms with Crippen LogP contribution in [0.25, 0.3) is 22.4 Å². The van der Waals surface area contributed by atoms with Crippen LogP contribution in [-0.4, -0.2) is 30.4 Å². The molecule has 4 rings (SSSR count). The predicted molar refractivity (Wildman–Crippen MR) is 97.1 cm³/mol. The zero-order chi connectivity index (χ0) is 20.8. The summed E-state index contributed by atoms with van der Waals surface area (Å²) < 4.78 is 46.9. The second kappa shape index (κ2) is 6.76. The van der Waals surface area contributed by atoms with Crippen LogP contribution in [0.3, 0.4) is 0 Å². The molecule has 0 saturated carbocycles. The highest BCUT2D eigenvalue weighted by Gasteiger charge is 2.36. The first kappa shape index (κ1) is 18.7. The van der Waals surface area contributed by atoms with Crippen molar-refractivity contribution < 1.29 is 22.5 Å². The monoisotopic (exact) mass is 404 g/mol. The molecule has 0 atom stereocenters. The average Bonchev–Trinajstić information content (AvgIpc) is 3.39. The van der Waals surface area contributed by atoms with Crippen LogP contribution < -0.4 is 5.32 Å². The first-order chi connectivity index (χ1) is 13.8. The topological polar surface area (TPSA) is 90.8 Å². The lowest BCUT2D eigenvalue weighted by Gasteiger charge is -2.05. The van der Waals surface area contributed by atoms with Gasteiger partial charge in [0.25, 0.3) is 5.91 Å². The van der Waals surface area contributed by atoms with Crippen molar-refractivity contribution in [2.24, 2.45) is 7.05 Å². The lowest BCUT2D eigenvalue weighted by atomic mass is 10.2. The average molecular weight is 404 g/mol. The third-order valence-corrected chi connectivity index (χ3v) is 4.38. The zero-order valence-corrected chi connectivity index (χ0v) is 15.4. The van der Waals surface area contributed by atoms with E-state index in [0.29, 0.717) is 23.4 Å². The Labute approximate surface area is 161 Å². The van der Waals surface area contributed by atoms with Gasteiger partial charge in [-0.3, -0.25) is 9.48 Å². The van der Waals surface area contributed by atoms with E-state index < -0.39 is 17.9 Å². The number of carbonyl (C=O) groups excluding carboxylic acids is 1. The van der Waals surface area contributed by atoms with Gasteiger partial charge in [-0.1, -0.05) is 5.16 Å². The van der Waals surface area contributed by atoms with Gasteiger partial charge in [0.05, 0.1) is 22.8 Å². The number of halogens is 3. The maximum absolute atomic E-state index is 13.0. The van der Waals surface area contributed by atoms with Crippen LogP contribution in [0.4, 0.5) is 18.9 Å². The number of benzene rings is 1. The van der Waals surface area contributed by atoms with Crippen molar-refractivity contribution in [3.63, 3.8) is 0 Å². The first-order valence-corrected chi connectivity index (χ1v) is 8.61. The van der Waals surface area contributed by atoms with E-state index in [1.165, 1.54) is 31.3 Å². The molecule has 0 bridgehead atoms. The summed E-state index contributed by atoms with van der Waals surface area (Å²) >= 11 is 0. The van der Waals surface area contributed by atoms with E-state index >= 15 is 0 Å². The fourth-order valence-corrected chi connectivity index (χ4v) is 2.91. The predicted octanol–water partition coefficient (Wildman–Crippen LogP) is 3.72. The van der Waals surface area contributed by atoms with Crippen molar-refractivity contribution in [3.8, 4) is 11.3 Å². The highest BCUT2D eigenvalue weighted by molar-refractivity contribution is 6.04. The van der Waals surface area contributed by atoms with Crippen molar-refractivity contribution >= 4 is 22.6 Å². The molecule has 4 aromatic rings. The summed E-state index contributed by atoms with van der Waals surface area (Å²) in [5.41, 5.74) is 1.41. The molecule has 29 heavy (non-hydrogen) atoms. The fraction of sp³-hybridized carbons (Fsp3) is 0.222. The van der Waals surface area contributed by atoms with Gasteiger partial charge in [-0.15, -0.1) is 0 Å². The Bertz CT molecular complexity index is 1200. The number of fused-ring (bicyclic) bond motifs is 1. The fourth-order valence-electron chi connectivity index (χ4n) is 2.91. The second-order valence-electron chi connectivity index (χ2n) is 6.31. The Hall–Kier alpha value is -3.63. The quantitative estimate of drug-likeness (QED) is 0.560. The summed E-state index contributed by atoms with van der Waals surface area (Å²) in [6.07, 6.45) is -1.21. The van der Waals surface area contributed by atoms with Crippen molar-refractivity contribution in [1.29, 1.82) is 0 Å². The molecule has 3 aromatic heterocycles. The van der Waals surface area contributed by atoms with Crippen molar-refractivity contribution in [1.82, 2.24) is 24.5 Å². The highest BCUT2D eigenvalue weighted by Crippen LogP contribution is 2.31. The van der Waals surface area contributed by atoms with Gasteiger partial charge in [-0.05, 0) is 25.1 Å². The summed E-state index contributed by atoms with van der Waals surface area (Å²) in [5.74, 6) is -1.19. The Morgan fingerprint density at radius 2 is 2.07 bits per heavy atom. The summed E-state index contributed by atoms with van der Waals surface area (Å²) in [6.45, 7) is 2.62. The third-order valence-electron chi connectivity index (χ3n) is 4.38. The van der Waals surface area contributed by atoms with Gasteiger partial charge < -0.3 is 14.4 Å². The van der Waals surface area contributed by atoms with E-state index in [9.17, 15) is 18.0 Å². The maximum Gasteiger partial charge on any atom is 0.449 e. The van der Waals surface area contributed by atoms with E-state index in [4.69, 9.17) is 4.52 Å². The number of rotatable bonds is 4. The second-order valence-corrected chi connectivity index (χ2v) is 6.31. The van der Waals surface area contributed by atoms with Gasteiger partial charge in [0, 0.05) is 31.5 Å². The minimum atomic E-state index is -4.57. The van der Waals surface area contributed by atoms with Gasteiger partial charge in [-0.25, -0.2) is 4.98 Å². The molecule has 1 aromatic carbocycles.